The fourth-order valence-corrected chi connectivity index (χ4v) is 5.19. The number of hydrogen-bond donors (Lipinski definition) is 4. The van der Waals surface area contributed by atoms with E-state index in [0.29, 0.717) is 33.3 Å². The van der Waals surface area contributed by atoms with E-state index in [1.54, 1.807) is 31.5 Å². The molecule has 2 aliphatic carbocycles. The SMILES string of the molecule is CC(O)c1ccc2c(c1)C(O)c1cc(Cl)cnc1C=C2.OCCc1ccc2c(c1)C(O)c1cc(Cl)cnc1C=C2. The van der Waals surface area contributed by atoms with Crippen molar-refractivity contribution in [2.45, 2.75) is 31.7 Å². The molecule has 0 amide bonds. The third-order valence-corrected chi connectivity index (χ3v) is 7.41. The van der Waals surface area contributed by atoms with Crippen molar-refractivity contribution in [1.82, 2.24) is 9.97 Å². The molecule has 6 nitrogen and oxygen atoms in total. The molecule has 2 heterocycles. The molecule has 4 N–H and O–H groups in total. The molecule has 0 bridgehead atoms. The summed E-state index contributed by atoms with van der Waals surface area (Å²) in [5.41, 5.74) is 8.01. The fraction of sp³-hybridized carbons (Fsp3) is 0.188. The van der Waals surface area contributed by atoms with E-state index in [1.807, 2.05) is 60.7 Å². The zero-order valence-electron chi connectivity index (χ0n) is 21.7. The second-order valence-electron chi connectivity index (χ2n) is 9.73. The monoisotopic (exact) mass is 574 g/mol. The van der Waals surface area contributed by atoms with Crippen LogP contribution in [0.15, 0.2) is 60.9 Å². The van der Waals surface area contributed by atoms with Crippen molar-refractivity contribution in [3.63, 3.8) is 0 Å². The second kappa shape index (κ2) is 12.0. The first-order chi connectivity index (χ1) is 19.2. The third-order valence-electron chi connectivity index (χ3n) is 7.00. The number of benzene rings is 2. The molecule has 0 spiro atoms. The predicted octanol–water partition coefficient (Wildman–Crippen LogP) is 6.19. The van der Waals surface area contributed by atoms with E-state index in [1.165, 1.54) is 0 Å². The van der Waals surface area contributed by atoms with Gasteiger partial charge in [-0.25, -0.2) is 0 Å². The second-order valence-corrected chi connectivity index (χ2v) is 10.6. The van der Waals surface area contributed by atoms with E-state index in [4.69, 9.17) is 28.3 Å². The zero-order chi connectivity index (χ0) is 28.4. The van der Waals surface area contributed by atoms with Gasteiger partial charge in [0.2, 0.25) is 0 Å². The largest absolute Gasteiger partial charge is 0.396 e. The minimum atomic E-state index is -0.806. The van der Waals surface area contributed by atoms with Crippen molar-refractivity contribution in [2.24, 2.45) is 0 Å². The van der Waals surface area contributed by atoms with E-state index in [9.17, 15) is 15.3 Å². The molecule has 0 aliphatic heterocycles. The third kappa shape index (κ3) is 5.88. The van der Waals surface area contributed by atoms with E-state index in [-0.39, 0.29) is 6.61 Å². The Labute approximate surface area is 242 Å². The zero-order valence-corrected chi connectivity index (χ0v) is 23.2. The summed E-state index contributed by atoms with van der Waals surface area (Å²) in [5, 5.41) is 40.9. The lowest BCUT2D eigenvalue weighted by molar-refractivity contribution is 0.197. The van der Waals surface area contributed by atoms with E-state index < -0.39 is 18.3 Å². The van der Waals surface area contributed by atoms with Gasteiger partial charge in [0.15, 0.2) is 0 Å². The Hall–Kier alpha value is -3.36. The number of aromatic nitrogens is 2. The summed E-state index contributed by atoms with van der Waals surface area (Å²) in [4.78, 5) is 8.49. The van der Waals surface area contributed by atoms with Crippen LogP contribution in [-0.4, -0.2) is 37.0 Å². The van der Waals surface area contributed by atoms with Gasteiger partial charge >= 0.3 is 0 Å². The van der Waals surface area contributed by atoms with Crippen LogP contribution in [-0.2, 0) is 6.42 Å². The number of pyridine rings is 2. The molecule has 2 aromatic carbocycles. The van der Waals surface area contributed by atoms with Gasteiger partial charge in [-0.05, 0) is 77.1 Å². The molecule has 204 valence electrons. The molecule has 0 saturated carbocycles. The lowest BCUT2D eigenvalue weighted by atomic mass is 9.95. The normalized spacial score (nSPS) is 17.3. The van der Waals surface area contributed by atoms with Crippen LogP contribution in [0.2, 0.25) is 10.0 Å². The standard InChI is InChI=1S/2C16H14ClNO2/c1-9(19)11-3-2-10-4-5-15-14(7-12(17)8-18-15)16(20)13(10)6-11;17-12-8-14-15(18-9-12)4-3-11-2-1-10(5-6-19)7-13(11)16(14)20/h2-9,16,19-20H,1H3;1-4,7-9,16,19-20H,5-6H2. The smallest absolute Gasteiger partial charge is 0.107 e. The number of halogens is 2. The Bertz CT molecular complexity index is 1620. The van der Waals surface area contributed by atoms with Gasteiger partial charge in [0.1, 0.15) is 12.2 Å². The van der Waals surface area contributed by atoms with Crippen LogP contribution >= 0.6 is 23.2 Å². The van der Waals surface area contributed by atoms with Crippen LogP contribution in [0.5, 0.6) is 0 Å². The van der Waals surface area contributed by atoms with Crippen LogP contribution in [0, 0.1) is 0 Å². The molecule has 0 fully saturated rings. The van der Waals surface area contributed by atoms with Crippen molar-refractivity contribution in [3.05, 3.63) is 127 Å². The molecular weight excluding hydrogens is 547 g/mol. The van der Waals surface area contributed by atoms with Gasteiger partial charge < -0.3 is 20.4 Å². The molecule has 2 aromatic heterocycles. The van der Waals surface area contributed by atoms with E-state index >= 15 is 0 Å². The van der Waals surface area contributed by atoms with Gasteiger partial charge in [-0.3, -0.25) is 9.97 Å². The van der Waals surface area contributed by atoms with Gasteiger partial charge in [-0.2, -0.15) is 0 Å². The molecule has 0 saturated heterocycles. The Kier molecular flexibility index (Phi) is 8.47. The van der Waals surface area contributed by atoms with Crippen LogP contribution in [0.3, 0.4) is 0 Å². The van der Waals surface area contributed by atoms with Crippen LogP contribution in [0.25, 0.3) is 24.3 Å². The first-order valence-corrected chi connectivity index (χ1v) is 13.6. The van der Waals surface area contributed by atoms with Crippen LogP contribution in [0.4, 0.5) is 0 Å². The highest BCUT2D eigenvalue weighted by Crippen LogP contribution is 2.35. The molecular formula is C32H28Cl2N2O4. The summed E-state index contributed by atoms with van der Waals surface area (Å²) < 4.78 is 0. The topological polar surface area (TPSA) is 107 Å². The number of hydrogen-bond acceptors (Lipinski definition) is 6. The number of aliphatic hydroxyl groups excluding tert-OH is 4. The maximum absolute atomic E-state index is 10.6. The van der Waals surface area contributed by atoms with Crippen molar-refractivity contribution in [2.75, 3.05) is 6.61 Å². The van der Waals surface area contributed by atoms with Crippen LogP contribution in [0.1, 0.15) is 81.1 Å². The Morgan fingerprint density at radius 2 is 1.25 bits per heavy atom. The van der Waals surface area contributed by atoms with Gasteiger partial charge in [0, 0.05) is 30.1 Å². The van der Waals surface area contributed by atoms with Crippen molar-refractivity contribution >= 4 is 47.5 Å². The van der Waals surface area contributed by atoms with Gasteiger partial charge in [-0.15, -0.1) is 0 Å². The first kappa shape index (κ1) is 28.2. The fourth-order valence-electron chi connectivity index (χ4n) is 4.86. The summed E-state index contributed by atoms with van der Waals surface area (Å²) in [6.45, 7) is 1.79. The van der Waals surface area contributed by atoms with Crippen molar-refractivity contribution in [1.29, 1.82) is 0 Å². The molecule has 3 unspecified atom stereocenters. The number of rotatable bonds is 3. The lowest BCUT2D eigenvalue weighted by Gasteiger charge is -2.16. The highest BCUT2D eigenvalue weighted by molar-refractivity contribution is 6.30. The number of nitrogens with zero attached hydrogens (tertiary/aromatic N) is 2. The quantitative estimate of drug-likeness (QED) is 0.232. The van der Waals surface area contributed by atoms with Gasteiger partial charge in [0.25, 0.3) is 0 Å². The molecule has 4 aromatic rings. The minimum Gasteiger partial charge on any atom is -0.396 e. The molecule has 8 heteroatoms. The number of fused-ring (bicyclic) bond motifs is 4. The Morgan fingerprint density at radius 1 is 0.725 bits per heavy atom. The molecule has 40 heavy (non-hydrogen) atoms. The van der Waals surface area contributed by atoms with Crippen LogP contribution < -0.4 is 0 Å². The average Bonchev–Trinajstić information content (AvgIpc) is 3.17. The van der Waals surface area contributed by atoms with E-state index in [2.05, 4.69) is 9.97 Å². The highest BCUT2D eigenvalue weighted by atomic mass is 35.5. The highest BCUT2D eigenvalue weighted by Gasteiger charge is 2.22. The summed E-state index contributed by atoms with van der Waals surface area (Å²) >= 11 is 11.9. The van der Waals surface area contributed by atoms with Crippen molar-refractivity contribution in [3.8, 4) is 0 Å². The minimum absolute atomic E-state index is 0.0920. The van der Waals surface area contributed by atoms with Crippen molar-refractivity contribution < 1.29 is 20.4 Å². The molecule has 6 rings (SSSR count). The molecule has 2 aliphatic rings. The average molecular weight is 575 g/mol. The molecule has 3 atom stereocenters. The molecule has 0 radical (unpaired) electrons. The first-order valence-electron chi connectivity index (χ1n) is 12.8. The van der Waals surface area contributed by atoms with Gasteiger partial charge in [-0.1, -0.05) is 65.7 Å². The van der Waals surface area contributed by atoms with E-state index in [0.717, 1.165) is 39.1 Å². The maximum atomic E-state index is 10.6. The number of aliphatic hydroxyl groups is 4. The Balaban J connectivity index is 0.000000161. The predicted molar refractivity (Wildman–Crippen MR) is 159 cm³/mol. The maximum Gasteiger partial charge on any atom is 0.107 e. The lowest BCUT2D eigenvalue weighted by Crippen LogP contribution is -2.05. The summed E-state index contributed by atoms with van der Waals surface area (Å²) in [6.07, 6.45) is 9.17. The summed E-state index contributed by atoms with van der Waals surface area (Å²) in [5.74, 6) is 0. The summed E-state index contributed by atoms with van der Waals surface area (Å²) in [7, 11) is 0. The van der Waals surface area contributed by atoms with Gasteiger partial charge in [0.05, 0.1) is 27.5 Å². The Morgan fingerprint density at radius 3 is 1.77 bits per heavy atom. The summed E-state index contributed by atoms with van der Waals surface area (Å²) in [6, 6.07) is 14.9.